The van der Waals surface area contributed by atoms with E-state index in [-0.39, 0.29) is 0 Å². The fourth-order valence-electron chi connectivity index (χ4n) is 2.91. The summed E-state index contributed by atoms with van der Waals surface area (Å²) < 4.78 is 5.11. The lowest BCUT2D eigenvalue weighted by atomic mass is 9.84. The molecule has 0 saturated heterocycles. The molecule has 0 radical (unpaired) electrons. The summed E-state index contributed by atoms with van der Waals surface area (Å²) in [6, 6.07) is 19.2. The van der Waals surface area contributed by atoms with E-state index in [1.807, 2.05) is 30.3 Å². The third-order valence-electron chi connectivity index (χ3n) is 4.28. The van der Waals surface area contributed by atoms with Gasteiger partial charge in [0.25, 0.3) is 0 Å². The molecule has 22 heavy (non-hydrogen) atoms. The van der Waals surface area contributed by atoms with Crippen LogP contribution in [0.2, 0.25) is 0 Å². The number of hydrogen-bond donors (Lipinski definition) is 2. The number of anilines is 2. The summed E-state index contributed by atoms with van der Waals surface area (Å²) in [6.45, 7) is 0. The number of hydrogen-bond acceptors (Lipinski definition) is 4. The Balaban J connectivity index is 1.66. The van der Waals surface area contributed by atoms with E-state index in [1.165, 1.54) is 12.1 Å². The summed E-state index contributed by atoms with van der Waals surface area (Å²) in [4.78, 5) is 2.35. The number of nitrogens with one attached hydrogen (secondary N) is 2. The van der Waals surface area contributed by atoms with Gasteiger partial charge in [0.2, 0.25) is 0 Å². The van der Waals surface area contributed by atoms with Gasteiger partial charge in [0.15, 0.2) is 6.40 Å². The highest BCUT2D eigenvalue weighted by molar-refractivity contribution is 5.55. The number of likely N-dealkylation sites (N-methyl/N-ethyl adjacent to an activating group) is 1. The topological polar surface area (TPSA) is 48.4 Å². The normalized spacial score (nSPS) is 19.9. The summed E-state index contributed by atoms with van der Waals surface area (Å²) in [5, 5.41) is 10.6. The van der Waals surface area contributed by atoms with E-state index < -0.39 is 0 Å². The number of para-hydroxylation sites is 1. The van der Waals surface area contributed by atoms with Crippen molar-refractivity contribution in [1.29, 1.82) is 5.41 Å². The zero-order chi connectivity index (χ0) is 15.4. The Morgan fingerprint density at radius 2 is 1.95 bits per heavy atom. The van der Waals surface area contributed by atoms with Crippen LogP contribution >= 0.6 is 0 Å². The third-order valence-corrected chi connectivity index (χ3v) is 4.28. The van der Waals surface area contributed by atoms with Crippen molar-refractivity contribution in [3.63, 3.8) is 0 Å². The van der Waals surface area contributed by atoms with Crippen LogP contribution in [-0.2, 0) is 0 Å². The Bertz CT molecular complexity index is 629. The van der Waals surface area contributed by atoms with Crippen LogP contribution in [0.4, 0.5) is 11.4 Å². The molecule has 2 unspecified atom stereocenters. The molecule has 0 aromatic heterocycles. The second-order valence-electron chi connectivity index (χ2n) is 5.61. The molecule has 0 heterocycles. The first kappa shape index (κ1) is 14.4. The second kappa shape index (κ2) is 6.52. The SMILES string of the molecule is CN(c1ccccc1)C1CCC1Nc1cccc(OC=N)c1. The molecule has 4 nitrogen and oxygen atoms in total. The van der Waals surface area contributed by atoms with Crippen LogP contribution in [0.1, 0.15) is 12.8 Å². The van der Waals surface area contributed by atoms with Gasteiger partial charge in [-0.3, -0.25) is 5.41 Å². The molecule has 1 aliphatic carbocycles. The van der Waals surface area contributed by atoms with Gasteiger partial charge in [-0.05, 0) is 37.1 Å². The fourth-order valence-corrected chi connectivity index (χ4v) is 2.91. The van der Waals surface area contributed by atoms with Crippen LogP contribution in [0.3, 0.4) is 0 Å². The van der Waals surface area contributed by atoms with Crippen molar-refractivity contribution in [2.24, 2.45) is 0 Å². The lowest BCUT2D eigenvalue weighted by Gasteiger charge is -2.44. The minimum atomic E-state index is 0.431. The predicted octanol–water partition coefficient (Wildman–Crippen LogP) is 3.75. The second-order valence-corrected chi connectivity index (χ2v) is 5.61. The summed E-state index contributed by atoms with van der Waals surface area (Å²) >= 11 is 0. The van der Waals surface area contributed by atoms with Gasteiger partial charge in [0, 0.05) is 36.6 Å². The van der Waals surface area contributed by atoms with Gasteiger partial charge in [0.1, 0.15) is 5.75 Å². The van der Waals surface area contributed by atoms with Crippen LogP contribution in [0.25, 0.3) is 0 Å². The van der Waals surface area contributed by atoms with Crippen molar-refractivity contribution >= 4 is 17.8 Å². The summed E-state index contributed by atoms with van der Waals surface area (Å²) in [5.41, 5.74) is 2.29. The average Bonchev–Trinajstić information content (AvgIpc) is 2.53. The highest BCUT2D eigenvalue weighted by Crippen LogP contribution is 2.31. The van der Waals surface area contributed by atoms with Crippen LogP contribution in [0.5, 0.6) is 5.75 Å². The van der Waals surface area contributed by atoms with Gasteiger partial charge >= 0.3 is 0 Å². The Labute approximate surface area is 131 Å². The van der Waals surface area contributed by atoms with Gasteiger partial charge in [-0.1, -0.05) is 24.3 Å². The van der Waals surface area contributed by atoms with Crippen LogP contribution in [0, 0.1) is 5.41 Å². The molecule has 2 N–H and O–H groups in total. The van der Waals surface area contributed by atoms with E-state index in [2.05, 4.69) is 41.5 Å². The van der Waals surface area contributed by atoms with Crippen molar-refractivity contribution in [1.82, 2.24) is 0 Å². The molecule has 2 aromatic rings. The Hall–Kier alpha value is -2.49. The van der Waals surface area contributed by atoms with E-state index in [1.54, 1.807) is 0 Å². The van der Waals surface area contributed by atoms with Gasteiger partial charge < -0.3 is 15.0 Å². The molecule has 2 atom stereocenters. The Morgan fingerprint density at radius 1 is 1.14 bits per heavy atom. The maximum atomic E-state index is 7.01. The predicted molar refractivity (Wildman–Crippen MR) is 91.1 cm³/mol. The van der Waals surface area contributed by atoms with E-state index >= 15 is 0 Å². The standard InChI is InChI=1S/C18H21N3O/c1-21(15-7-3-2-4-8-15)18-11-10-17(18)20-14-6-5-9-16(12-14)22-13-19/h2-9,12-13,17-20H,10-11H2,1H3. The molecule has 1 aliphatic rings. The zero-order valence-corrected chi connectivity index (χ0v) is 12.7. The van der Waals surface area contributed by atoms with Crippen LogP contribution in [-0.4, -0.2) is 25.5 Å². The smallest absolute Gasteiger partial charge is 0.173 e. The molecule has 1 saturated carbocycles. The van der Waals surface area contributed by atoms with Gasteiger partial charge in [-0.15, -0.1) is 0 Å². The molecule has 3 rings (SSSR count). The molecule has 0 aliphatic heterocycles. The first-order valence-corrected chi connectivity index (χ1v) is 7.58. The highest BCUT2D eigenvalue weighted by atomic mass is 16.5. The fraction of sp³-hybridized carbons (Fsp3) is 0.278. The maximum absolute atomic E-state index is 7.01. The lowest BCUT2D eigenvalue weighted by molar-refractivity contribution is 0.357. The van der Waals surface area contributed by atoms with E-state index in [0.717, 1.165) is 18.5 Å². The average molecular weight is 295 g/mol. The molecule has 114 valence electrons. The molecular weight excluding hydrogens is 274 g/mol. The summed E-state index contributed by atoms with van der Waals surface area (Å²) in [5.74, 6) is 0.687. The minimum Gasteiger partial charge on any atom is -0.446 e. The van der Waals surface area contributed by atoms with Gasteiger partial charge in [-0.25, -0.2) is 0 Å². The first-order valence-electron chi connectivity index (χ1n) is 7.58. The third kappa shape index (κ3) is 3.06. The van der Waals surface area contributed by atoms with Gasteiger partial charge in [0.05, 0.1) is 0 Å². The molecule has 4 heteroatoms. The summed E-state index contributed by atoms with van der Waals surface area (Å²) in [7, 11) is 2.16. The largest absolute Gasteiger partial charge is 0.446 e. The molecular formula is C18H21N3O. The Morgan fingerprint density at radius 3 is 2.64 bits per heavy atom. The van der Waals surface area contributed by atoms with Crippen LogP contribution in [0.15, 0.2) is 54.6 Å². The van der Waals surface area contributed by atoms with Crippen molar-refractivity contribution in [2.45, 2.75) is 24.9 Å². The van der Waals surface area contributed by atoms with Gasteiger partial charge in [-0.2, -0.15) is 0 Å². The molecule has 0 bridgehead atoms. The van der Waals surface area contributed by atoms with Crippen molar-refractivity contribution in [2.75, 3.05) is 17.3 Å². The van der Waals surface area contributed by atoms with Crippen molar-refractivity contribution in [3.05, 3.63) is 54.6 Å². The van der Waals surface area contributed by atoms with E-state index in [4.69, 9.17) is 10.1 Å². The maximum Gasteiger partial charge on any atom is 0.173 e. The van der Waals surface area contributed by atoms with E-state index in [0.29, 0.717) is 17.8 Å². The minimum absolute atomic E-state index is 0.431. The first-order chi connectivity index (χ1) is 10.8. The molecule has 1 fully saturated rings. The molecule has 2 aromatic carbocycles. The van der Waals surface area contributed by atoms with E-state index in [9.17, 15) is 0 Å². The molecule has 0 amide bonds. The molecule has 0 spiro atoms. The van der Waals surface area contributed by atoms with Crippen LogP contribution < -0.4 is 15.0 Å². The summed E-state index contributed by atoms with van der Waals surface area (Å²) in [6.07, 6.45) is 3.31. The Kier molecular flexibility index (Phi) is 4.28. The monoisotopic (exact) mass is 295 g/mol. The van der Waals surface area contributed by atoms with Crippen molar-refractivity contribution in [3.8, 4) is 5.75 Å². The highest BCUT2D eigenvalue weighted by Gasteiger charge is 2.34. The number of ether oxygens (including phenoxy) is 1. The lowest BCUT2D eigenvalue weighted by Crippen LogP contribution is -2.52. The number of rotatable bonds is 6. The number of benzene rings is 2. The van der Waals surface area contributed by atoms with Crippen molar-refractivity contribution < 1.29 is 4.74 Å². The zero-order valence-electron chi connectivity index (χ0n) is 12.7. The quantitative estimate of drug-likeness (QED) is 0.630. The number of nitrogens with zero attached hydrogens (tertiary/aromatic N) is 1.